The number of hydrogen-bond acceptors (Lipinski definition) is 0. The predicted molar refractivity (Wildman–Crippen MR) is 46.5 cm³/mol. The van der Waals surface area contributed by atoms with Crippen LogP contribution in [0.2, 0.25) is 0 Å². The van der Waals surface area contributed by atoms with E-state index in [2.05, 4.69) is 0 Å². The molecule has 0 heterocycles. The molecular weight excluding hydrogens is 177 g/mol. The fourth-order valence-corrected chi connectivity index (χ4v) is 2.10. The van der Waals surface area contributed by atoms with Crippen molar-refractivity contribution in [3.8, 4) is 0 Å². The van der Waals surface area contributed by atoms with Crippen LogP contribution in [-0.4, -0.2) is 6.18 Å². The van der Waals surface area contributed by atoms with E-state index in [-0.39, 0.29) is 5.41 Å². The lowest BCUT2D eigenvalue weighted by atomic mass is 9.73. The molecule has 0 atom stereocenters. The molecule has 1 aliphatic rings. The van der Waals surface area contributed by atoms with Crippen LogP contribution in [0.5, 0.6) is 0 Å². The standard InChI is InChI=1S/C10H17F3/c1-9(5-3-2-4-6-9)7-8-10(11,12)13/h2-8H2,1H3. The fourth-order valence-electron chi connectivity index (χ4n) is 2.10. The molecule has 78 valence electrons. The molecule has 0 aliphatic heterocycles. The lowest BCUT2D eigenvalue weighted by Gasteiger charge is -2.33. The normalized spacial score (nSPS) is 23.1. The Hall–Kier alpha value is -0.210. The number of hydrogen-bond donors (Lipinski definition) is 0. The lowest BCUT2D eigenvalue weighted by molar-refractivity contribution is -0.141. The van der Waals surface area contributed by atoms with Crippen molar-refractivity contribution < 1.29 is 13.2 Å². The average Bonchev–Trinajstić information content (AvgIpc) is 2.02. The predicted octanol–water partition coefficient (Wildman–Crippen LogP) is 4.30. The van der Waals surface area contributed by atoms with E-state index in [4.69, 9.17) is 0 Å². The van der Waals surface area contributed by atoms with E-state index in [9.17, 15) is 13.2 Å². The molecule has 0 bridgehead atoms. The minimum atomic E-state index is -3.97. The van der Waals surface area contributed by atoms with Crippen LogP contribution in [-0.2, 0) is 0 Å². The van der Waals surface area contributed by atoms with Crippen LogP contribution in [0.4, 0.5) is 13.2 Å². The van der Waals surface area contributed by atoms with E-state index in [0.29, 0.717) is 6.42 Å². The highest BCUT2D eigenvalue weighted by molar-refractivity contribution is 4.79. The van der Waals surface area contributed by atoms with E-state index in [1.54, 1.807) is 0 Å². The molecule has 1 saturated carbocycles. The second-order valence-electron chi connectivity index (χ2n) is 4.49. The van der Waals surface area contributed by atoms with Crippen LogP contribution >= 0.6 is 0 Å². The summed E-state index contributed by atoms with van der Waals surface area (Å²) in [7, 11) is 0. The Morgan fingerprint density at radius 2 is 1.62 bits per heavy atom. The quantitative estimate of drug-likeness (QED) is 0.614. The molecule has 0 aromatic carbocycles. The largest absolute Gasteiger partial charge is 0.389 e. The third kappa shape index (κ3) is 4.01. The highest BCUT2D eigenvalue weighted by Crippen LogP contribution is 2.41. The Labute approximate surface area is 77.5 Å². The van der Waals surface area contributed by atoms with Gasteiger partial charge in [0.15, 0.2) is 0 Å². The zero-order valence-electron chi connectivity index (χ0n) is 8.08. The van der Waals surface area contributed by atoms with Crippen molar-refractivity contribution in [2.75, 3.05) is 0 Å². The summed E-state index contributed by atoms with van der Waals surface area (Å²) in [5.41, 5.74) is -0.0340. The average molecular weight is 194 g/mol. The summed E-state index contributed by atoms with van der Waals surface area (Å²) >= 11 is 0. The summed E-state index contributed by atoms with van der Waals surface area (Å²) in [6.07, 6.45) is 1.09. The molecule has 0 unspecified atom stereocenters. The van der Waals surface area contributed by atoms with E-state index >= 15 is 0 Å². The minimum Gasteiger partial charge on any atom is -0.171 e. The maximum Gasteiger partial charge on any atom is 0.389 e. The van der Waals surface area contributed by atoms with Gasteiger partial charge in [0.25, 0.3) is 0 Å². The molecule has 0 nitrogen and oxygen atoms in total. The van der Waals surface area contributed by atoms with Gasteiger partial charge in [0.2, 0.25) is 0 Å². The number of rotatable bonds is 2. The van der Waals surface area contributed by atoms with Gasteiger partial charge in [0.1, 0.15) is 0 Å². The first-order valence-corrected chi connectivity index (χ1v) is 4.98. The third-order valence-corrected chi connectivity index (χ3v) is 3.07. The molecule has 3 heteroatoms. The number of halogens is 3. The second kappa shape index (κ2) is 3.89. The Morgan fingerprint density at radius 3 is 2.08 bits per heavy atom. The highest BCUT2D eigenvalue weighted by atomic mass is 19.4. The van der Waals surface area contributed by atoms with Crippen molar-refractivity contribution in [1.29, 1.82) is 0 Å². The van der Waals surface area contributed by atoms with E-state index in [1.807, 2.05) is 6.92 Å². The lowest BCUT2D eigenvalue weighted by Crippen LogP contribution is -2.22. The van der Waals surface area contributed by atoms with E-state index < -0.39 is 12.6 Å². The van der Waals surface area contributed by atoms with Crippen LogP contribution in [0.1, 0.15) is 51.9 Å². The first-order valence-electron chi connectivity index (χ1n) is 4.98. The molecule has 0 amide bonds. The van der Waals surface area contributed by atoms with E-state index in [1.165, 1.54) is 6.42 Å². The molecule has 1 fully saturated rings. The van der Waals surface area contributed by atoms with Gasteiger partial charge in [-0.25, -0.2) is 0 Å². The SMILES string of the molecule is CC1(CCC(F)(F)F)CCCCC1. The summed E-state index contributed by atoms with van der Waals surface area (Å²) in [4.78, 5) is 0. The van der Waals surface area contributed by atoms with Crippen molar-refractivity contribution in [2.24, 2.45) is 5.41 Å². The highest BCUT2D eigenvalue weighted by Gasteiger charge is 2.33. The Balaban J connectivity index is 2.33. The first-order chi connectivity index (χ1) is 5.91. The van der Waals surface area contributed by atoms with Crippen molar-refractivity contribution in [3.05, 3.63) is 0 Å². The molecule has 0 aromatic heterocycles. The zero-order chi connectivity index (χ0) is 9.95. The molecular formula is C10H17F3. The summed E-state index contributed by atoms with van der Waals surface area (Å²) in [5, 5.41) is 0. The van der Waals surface area contributed by atoms with Gasteiger partial charge >= 0.3 is 6.18 Å². The molecule has 0 saturated heterocycles. The first kappa shape index (κ1) is 10.9. The smallest absolute Gasteiger partial charge is 0.171 e. The maximum absolute atomic E-state index is 12.0. The monoisotopic (exact) mass is 194 g/mol. The molecule has 0 radical (unpaired) electrons. The van der Waals surface area contributed by atoms with Gasteiger partial charge in [0.05, 0.1) is 0 Å². The van der Waals surface area contributed by atoms with Crippen LogP contribution in [0.3, 0.4) is 0 Å². The Morgan fingerprint density at radius 1 is 1.08 bits per heavy atom. The molecule has 0 spiro atoms. The topological polar surface area (TPSA) is 0 Å². The molecule has 0 N–H and O–H groups in total. The van der Waals surface area contributed by atoms with Crippen molar-refractivity contribution in [1.82, 2.24) is 0 Å². The summed E-state index contributed by atoms with van der Waals surface area (Å²) < 4.78 is 35.9. The van der Waals surface area contributed by atoms with E-state index in [0.717, 1.165) is 25.7 Å². The van der Waals surface area contributed by atoms with Gasteiger partial charge in [-0.05, 0) is 24.7 Å². The Kier molecular flexibility index (Phi) is 3.25. The molecule has 0 aromatic rings. The molecule has 1 aliphatic carbocycles. The second-order valence-corrected chi connectivity index (χ2v) is 4.49. The van der Waals surface area contributed by atoms with Crippen LogP contribution in [0.25, 0.3) is 0 Å². The van der Waals surface area contributed by atoms with Gasteiger partial charge in [-0.3, -0.25) is 0 Å². The van der Waals surface area contributed by atoms with Gasteiger partial charge in [-0.1, -0.05) is 26.2 Å². The van der Waals surface area contributed by atoms with Crippen molar-refractivity contribution >= 4 is 0 Å². The Bertz CT molecular complexity index is 154. The van der Waals surface area contributed by atoms with Crippen LogP contribution in [0.15, 0.2) is 0 Å². The number of alkyl halides is 3. The summed E-state index contributed by atoms with van der Waals surface area (Å²) in [6.45, 7) is 2.00. The minimum absolute atomic E-state index is 0.0340. The molecule has 13 heavy (non-hydrogen) atoms. The van der Waals surface area contributed by atoms with Gasteiger partial charge in [-0.15, -0.1) is 0 Å². The van der Waals surface area contributed by atoms with Crippen molar-refractivity contribution in [2.45, 2.75) is 58.0 Å². The summed E-state index contributed by atoms with van der Waals surface area (Å²) in [6, 6.07) is 0. The van der Waals surface area contributed by atoms with Crippen LogP contribution < -0.4 is 0 Å². The third-order valence-electron chi connectivity index (χ3n) is 3.07. The maximum atomic E-state index is 12.0. The van der Waals surface area contributed by atoms with Gasteiger partial charge in [0, 0.05) is 6.42 Å². The zero-order valence-corrected chi connectivity index (χ0v) is 8.08. The van der Waals surface area contributed by atoms with Gasteiger partial charge < -0.3 is 0 Å². The van der Waals surface area contributed by atoms with Crippen molar-refractivity contribution in [3.63, 3.8) is 0 Å². The molecule has 1 rings (SSSR count). The van der Waals surface area contributed by atoms with Gasteiger partial charge in [-0.2, -0.15) is 13.2 Å². The fraction of sp³-hybridized carbons (Fsp3) is 1.00. The summed E-state index contributed by atoms with van der Waals surface area (Å²) in [5.74, 6) is 0. The van der Waals surface area contributed by atoms with Crippen LogP contribution in [0, 0.1) is 5.41 Å².